The van der Waals surface area contributed by atoms with Gasteiger partial charge in [-0.05, 0) is 20.3 Å². The van der Waals surface area contributed by atoms with Crippen molar-refractivity contribution in [1.82, 2.24) is 5.32 Å². The summed E-state index contributed by atoms with van der Waals surface area (Å²) >= 11 is 0. The molecule has 13 heavy (non-hydrogen) atoms. The Morgan fingerprint density at radius 1 is 1.62 bits per heavy atom. The van der Waals surface area contributed by atoms with Crippen molar-refractivity contribution < 1.29 is 9.13 Å². The van der Waals surface area contributed by atoms with E-state index in [1.807, 2.05) is 13.8 Å². The lowest BCUT2D eigenvalue weighted by molar-refractivity contribution is 0.0303. The summed E-state index contributed by atoms with van der Waals surface area (Å²) in [5.41, 5.74) is -0.107. The first-order valence-corrected chi connectivity index (χ1v) is 5.09. The summed E-state index contributed by atoms with van der Waals surface area (Å²) in [6.45, 7) is 7.20. The van der Waals surface area contributed by atoms with Gasteiger partial charge in [0.05, 0.1) is 12.7 Å². The number of hydrogen-bond acceptors (Lipinski definition) is 2. The molecule has 2 unspecified atom stereocenters. The summed E-state index contributed by atoms with van der Waals surface area (Å²) in [5, 5.41) is 3.22. The normalized spacial score (nSPS) is 34.4. The van der Waals surface area contributed by atoms with E-state index in [4.69, 9.17) is 4.74 Å². The maximum atomic E-state index is 13.0. The molecule has 0 aliphatic carbocycles. The Labute approximate surface area is 79.8 Å². The highest BCUT2D eigenvalue weighted by atomic mass is 19.1. The number of hydrogen-bond donors (Lipinski definition) is 1. The van der Waals surface area contributed by atoms with E-state index >= 15 is 0 Å². The minimum Gasteiger partial charge on any atom is -0.377 e. The van der Waals surface area contributed by atoms with Gasteiger partial charge in [-0.1, -0.05) is 6.92 Å². The van der Waals surface area contributed by atoms with Crippen LogP contribution in [0.25, 0.3) is 0 Å². The monoisotopic (exact) mass is 189 g/mol. The van der Waals surface area contributed by atoms with Gasteiger partial charge in [0.25, 0.3) is 0 Å². The molecule has 0 spiro atoms. The quantitative estimate of drug-likeness (QED) is 0.729. The Bertz CT molecular complexity index is 163. The fourth-order valence-corrected chi connectivity index (χ4v) is 1.70. The van der Waals surface area contributed by atoms with Gasteiger partial charge in [0.1, 0.15) is 6.17 Å². The summed E-state index contributed by atoms with van der Waals surface area (Å²) in [5.74, 6) is 0. The van der Waals surface area contributed by atoms with Crippen LogP contribution in [0.3, 0.4) is 0 Å². The van der Waals surface area contributed by atoms with Crippen LogP contribution < -0.4 is 5.32 Å². The lowest BCUT2D eigenvalue weighted by Gasteiger charge is -2.28. The highest BCUT2D eigenvalue weighted by Crippen LogP contribution is 2.25. The summed E-state index contributed by atoms with van der Waals surface area (Å²) in [4.78, 5) is 0. The molecule has 1 heterocycles. The SMILES string of the molecule is CCC1(COC(C)C)CC(F)CN1. The van der Waals surface area contributed by atoms with Crippen molar-refractivity contribution >= 4 is 0 Å². The van der Waals surface area contributed by atoms with E-state index in [0.29, 0.717) is 19.6 Å². The van der Waals surface area contributed by atoms with Crippen LogP contribution >= 0.6 is 0 Å². The predicted molar refractivity (Wildman–Crippen MR) is 51.6 cm³/mol. The Morgan fingerprint density at radius 2 is 2.31 bits per heavy atom. The molecule has 1 rings (SSSR count). The Morgan fingerprint density at radius 3 is 2.69 bits per heavy atom. The van der Waals surface area contributed by atoms with E-state index in [9.17, 15) is 4.39 Å². The fraction of sp³-hybridized carbons (Fsp3) is 1.00. The summed E-state index contributed by atoms with van der Waals surface area (Å²) in [6, 6.07) is 0. The molecule has 78 valence electrons. The summed E-state index contributed by atoms with van der Waals surface area (Å²) in [7, 11) is 0. The van der Waals surface area contributed by atoms with Crippen molar-refractivity contribution in [2.75, 3.05) is 13.2 Å². The standard InChI is InChI=1S/C10H20FNO/c1-4-10(7-13-8(2)3)5-9(11)6-12-10/h8-9,12H,4-7H2,1-3H3. The first-order chi connectivity index (χ1) is 6.08. The molecular formula is C10H20FNO. The van der Waals surface area contributed by atoms with E-state index in [0.717, 1.165) is 6.42 Å². The van der Waals surface area contributed by atoms with Gasteiger partial charge in [0.15, 0.2) is 0 Å². The van der Waals surface area contributed by atoms with Gasteiger partial charge in [0, 0.05) is 18.5 Å². The second-order valence-corrected chi connectivity index (χ2v) is 4.18. The van der Waals surface area contributed by atoms with Crippen LogP contribution in [-0.2, 0) is 4.74 Å². The van der Waals surface area contributed by atoms with Crippen LogP contribution in [0.15, 0.2) is 0 Å². The van der Waals surface area contributed by atoms with E-state index in [2.05, 4.69) is 12.2 Å². The molecule has 0 amide bonds. The third-order valence-electron chi connectivity index (χ3n) is 2.68. The molecule has 1 aliphatic heterocycles. The fourth-order valence-electron chi connectivity index (χ4n) is 1.70. The molecule has 0 saturated carbocycles. The highest BCUT2D eigenvalue weighted by Gasteiger charge is 2.37. The van der Waals surface area contributed by atoms with Gasteiger partial charge in [-0.25, -0.2) is 4.39 Å². The van der Waals surface area contributed by atoms with Gasteiger partial charge in [-0.2, -0.15) is 0 Å². The molecular weight excluding hydrogens is 169 g/mol. The number of rotatable bonds is 4. The third-order valence-corrected chi connectivity index (χ3v) is 2.68. The first-order valence-electron chi connectivity index (χ1n) is 5.09. The van der Waals surface area contributed by atoms with Crippen molar-refractivity contribution in [2.24, 2.45) is 0 Å². The van der Waals surface area contributed by atoms with Crippen LogP contribution in [0.1, 0.15) is 33.6 Å². The predicted octanol–water partition coefficient (Wildman–Crippen LogP) is 1.89. The average molecular weight is 189 g/mol. The second kappa shape index (κ2) is 4.38. The molecule has 0 aromatic heterocycles. The Kier molecular flexibility index (Phi) is 3.68. The van der Waals surface area contributed by atoms with Gasteiger partial charge in [-0.15, -0.1) is 0 Å². The van der Waals surface area contributed by atoms with Gasteiger partial charge in [0.2, 0.25) is 0 Å². The zero-order valence-electron chi connectivity index (χ0n) is 8.77. The maximum Gasteiger partial charge on any atom is 0.114 e. The molecule has 0 aromatic rings. The summed E-state index contributed by atoms with van der Waals surface area (Å²) in [6.07, 6.45) is 1.05. The van der Waals surface area contributed by atoms with E-state index in [1.165, 1.54) is 0 Å². The number of ether oxygens (including phenoxy) is 1. The lowest BCUT2D eigenvalue weighted by atomic mass is 9.95. The van der Waals surface area contributed by atoms with Crippen molar-refractivity contribution in [1.29, 1.82) is 0 Å². The molecule has 0 radical (unpaired) electrons. The number of nitrogens with one attached hydrogen (secondary N) is 1. The Balaban J connectivity index is 2.41. The summed E-state index contributed by atoms with van der Waals surface area (Å²) < 4.78 is 18.6. The molecule has 1 N–H and O–H groups in total. The van der Waals surface area contributed by atoms with Crippen molar-refractivity contribution in [3.8, 4) is 0 Å². The van der Waals surface area contributed by atoms with Crippen LogP contribution in [0.5, 0.6) is 0 Å². The van der Waals surface area contributed by atoms with Gasteiger partial charge < -0.3 is 10.1 Å². The van der Waals surface area contributed by atoms with Crippen molar-refractivity contribution in [3.05, 3.63) is 0 Å². The van der Waals surface area contributed by atoms with Gasteiger partial charge >= 0.3 is 0 Å². The molecule has 0 bridgehead atoms. The van der Waals surface area contributed by atoms with Gasteiger partial charge in [-0.3, -0.25) is 0 Å². The molecule has 2 nitrogen and oxygen atoms in total. The van der Waals surface area contributed by atoms with Crippen LogP contribution in [0.4, 0.5) is 4.39 Å². The van der Waals surface area contributed by atoms with E-state index < -0.39 is 6.17 Å². The average Bonchev–Trinajstić information content (AvgIpc) is 2.45. The minimum absolute atomic E-state index is 0.107. The zero-order chi connectivity index (χ0) is 9.90. The van der Waals surface area contributed by atoms with Crippen LogP contribution in [-0.4, -0.2) is 31.0 Å². The maximum absolute atomic E-state index is 13.0. The van der Waals surface area contributed by atoms with Crippen LogP contribution in [0, 0.1) is 0 Å². The minimum atomic E-state index is -0.698. The molecule has 2 atom stereocenters. The van der Waals surface area contributed by atoms with Crippen molar-refractivity contribution in [3.63, 3.8) is 0 Å². The number of alkyl halides is 1. The van der Waals surface area contributed by atoms with Crippen LogP contribution in [0.2, 0.25) is 0 Å². The molecule has 3 heteroatoms. The van der Waals surface area contributed by atoms with E-state index in [-0.39, 0.29) is 11.6 Å². The largest absolute Gasteiger partial charge is 0.377 e. The molecule has 1 saturated heterocycles. The number of halogens is 1. The second-order valence-electron chi connectivity index (χ2n) is 4.18. The zero-order valence-corrected chi connectivity index (χ0v) is 8.77. The molecule has 1 aliphatic rings. The lowest BCUT2D eigenvalue weighted by Crippen LogP contribution is -2.44. The van der Waals surface area contributed by atoms with E-state index in [1.54, 1.807) is 0 Å². The third kappa shape index (κ3) is 2.92. The smallest absolute Gasteiger partial charge is 0.114 e. The molecule has 1 fully saturated rings. The first kappa shape index (κ1) is 10.9. The highest BCUT2D eigenvalue weighted by molar-refractivity contribution is 4.96. The van der Waals surface area contributed by atoms with Crippen molar-refractivity contribution in [2.45, 2.75) is 51.4 Å². The topological polar surface area (TPSA) is 21.3 Å². The molecule has 0 aromatic carbocycles. The Hall–Kier alpha value is -0.150.